The summed E-state index contributed by atoms with van der Waals surface area (Å²) in [4.78, 5) is 28.7. The van der Waals surface area contributed by atoms with Crippen LogP contribution < -0.4 is 15.4 Å². The molecule has 9 heteroatoms. The van der Waals surface area contributed by atoms with Crippen molar-refractivity contribution in [2.24, 2.45) is 0 Å². The lowest BCUT2D eigenvalue weighted by atomic mass is 10.2. The Hall–Kier alpha value is -3.39. The number of aryl methyl sites for hydroxylation is 1. The molecule has 0 atom stereocenters. The number of carbonyl (C=O) groups excluding carboxylic acids is 2. The minimum Gasteiger partial charge on any atom is -0.495 e. The second-order valence-corrected chi connectivity index (χ2v) is 5.95. The number of methoxy groups -OCH3 is 1. The van der Waals surface area contributed by atoms with Gasteiger partial charge in [-0.25, -0.2) is 0 Å². The highest BCUT2D eigenvalue weighted by molar-refractivity contribution is 6.32. The van der Waals surface area contributed by atoms with Gasteiger partial charge in [-0.05, 0) is 31.2 Å². The molecule has 0 unspecified atom stereocenters. The van der Waals surface area contributed by atoms with Crippen LogP contribution in [0.5, 0.6) is 5.75 Å². The molecule has 0 saturated carbocycles. The van der Waals surface area contributed by atoms with Crippen LogP contribution in [0.15, 0.2) is 47.2 Å². The summed E-state index contributed by atoms with van der Waals surface area (Å²) in [5.41, 5.74) is 0.903. The molecule has 0 aliphatic carbocycles. The van der Waals surface area contributed by atoms with Gasteiger partial charge in [-0.3, -0.25) is 14.6 Å². The lowest BCUT2D eigenvalue weighted by molar-refractivity contribution is 0.102. The smallest absolute Gasteiger partial charge is 0.258 e. The molecule has 0 bridgehead atoms. The largest absolute Gasteiger partial charge is 0.495 e. The van der Waals surface area contributed by atoms with Gasteiger partial charge in [0.25, 0.3) is 11.8 Å². The minimum absolute atomic E-state index is 0.205. The quantitative estimate of drug-likeness (QED) is 0.694. The van der Waals surface area contributed by atoms with Gasteiger partial charge in [-0.1, -0.05) is 16.8 Å². The first kappa shape index (κ1) is 18.4. The zero-order valence-electron chi connectivity index (χ0n) is 14.4. The van der Waals surface area contributed by atoms with Gasteiger partial charge in [0.2, 0.25) is 0 Å². The fraction of sp³-hybridized carbons (Fsp3) is 0.111. The molecular formula is C18H15ClN4O4. The number of hydrogen-bond donors (Lipinski definition) is 2. The van der Waals surface area contributed by atoms with Crippen LogP contribution in [0.25, 0.3) is 0 Å². The molecule has 138 valence electrons. The number of halogens is 1. The Labute approximate surface area is 159 Å². The maximum atomic E-state index is 12.4. The van der Waals surface area contributed by atoms with E-state index in [1.54, 1.807) is 31.2 Å². The zero-order valence-corrected chi connectivity index (χ0v) is 15.2. The summed E-state index contributed by atoms with van der Waals surface area (Å²) in [6.45, 7) is 1.71. The Balaban J connectivity index is 1.73. The van der Waals surface area contributed by atoms with Crippen molar-refractivity contribution in [1.29, 1.82) is 0 Å². The van der Waals surface area contributed by atoms with E-state index < -0.39 is 11.8 Å². The van der Waals surface area contributed by atoms with E-state index in [-0.39, 0.29) is 16.9 Å². The molecule has 8 nitrogen and oxygen atoms in total. The molecular weight excluding hydrogens is 372 g/mol. The van der Waals surface area contributed by atoms with Gasteiger partial charge in [0.15, 0.2) is 5.82 Å². The number of aromatic nitrogens is 2. The van der Waals surface area contributed by atoms with Crippen molar-refractivity contribution in [2.75, 3.05) is 17.7 Å². The van der Waals surface area contributed by atoms with Crippen molar-refractivity contribution < 1.29 is 18.8 Å². The van der Waals surface area contributed by atoms with Crippen molar-refractivity contribution in [2.45, 2.75) is 6.92 Å². The highest BCUT2D eigenvalue weighted by Crippen LogP contribution is 2.27. The lowest BCUT2D eigenvalue weighted by Crippen LogP contribution is -2.16. The number of carbonyl (C=O) groups is 2. The first-order valence-electron chi connectivity index (χ1n) is 7.81. The van der Waals surface area contributed by atoms with E-state index in [0.717, 1.165) is 0 Å². The predicted octanol–water partition coefficient (Wildman–Crippen LogP) is 3.54. The average molecular weight is 387 g/mol. The second-order valence-electron chi connectivity index (χ2n) is 5.54. The molecule has 3 rings (SSSR count). The molecule has 0 spiro atoms. The van der Waals surface area contributed by atoms with E-state index in [4.69, 9.17) is 20.9 Å². The molecule has 2 amide bonds. The SMILES string of the molecule is COc1ccc(NC(=O)c2cncc(C(=O)Nc3cc(C)on3)c2)cc1Cl. The molecule has 2 heterocycles. The van der Waals surface area contributed by atoms with Crippen molar-refractivity contribution in [3.63, 3.8) is 0 Å². The number of rotatable bonds is 5. The summed E-state index contributed by atoms with van der Waals surface area (Å²) in [5, 5.41) is 9.31. The Morgan fingerprint density at radius 3 is 2.37 bits per heavy atom. The molecule has 0 fully saturated rings. The Bertz CT molecular complexity index is 1000. The summed E-state index contributed by atoms with van der Waals surface area (Å²) in [6.07, 6.45) is 2.71. The average Bonchev–Trinajstić information content (AvgIpc) is 3.06. The van der Waals surface area contributed by atoms with E-state index in [1.807, 2.05) is 0 Å². The maximum Gasteiger partial charge on any atom is 0.258 e. The fourth-order valence-electron chi connectivity index (χ4n) is 2.25. The van der Waals surface area contributed by atoms with Crippen LogP contribution in [0.4, 0.5) is 11.5 Å². The Kier molecular flexibility index (Phi) is 5.37. The summed E-state index contributed by atoms with van der Waals surface area (Å²) < 4.78 is 9.96. The van der Waals surface area contributed by atoms with Gasteiger partial charge in [0.1, 0.15) is 11.5 Å². The molecule has 27 heavy (non-hydrogen) atoms. The van der Waals surface area contributed by atoms with Gasteiger partial charge < -0.3 is 19.9 Å². The second kappa shape index (κ2) is 7.88. The predicted molar refractivity (Wildman–Crippen MR) is 99.4 cm³/mol. The topological polar surface area (TPSA) is 106 Å². The summed E-state index contributed by atoms with van der Waals surface area (Å²) in [5.74, 6) is 0.446. The minimum atomic E-state index is -0.460. The molecule has 0 aliphatic heterocycles. The Morgan fingerprint density at radius 1 is 1.07 bits per heavy atom. The first-order valence-corrected chi connectivity index (χ1v) is 8.18. The molecule has 0 saturated heterocycles. The van der Waals surface area contributed by atoms with Gasteiger partial charge in [0.05, 0.1) is 23.3 Å². The normalized spacial score (nSPS) is 10.3. The molecule has 2 aromatic heterocycles. The number of hydrogen-bond acceptors (Lipinski definition) is 6. The van der Waals surface area contributed by atoms with Crippen LogP contribution in [-0.4, -0.2) is 29.1 Å². The highest BCUT2D eigenvalue weighted by atomic mass is 35.5. The van der Waals surface area contributed by atoms with Crippen LogP contribution in [-0.2, 0) is 0 Å². The summed E-state index contributed by atoms with van der Waals surface area (Å²) in [7, 11) is 1.50. The standard InChI is InChI=1S/C18H15ClN4O4/c1-10-5-16(23-27-10)22-18(25)12-6-11(8-20-9-12)17(24)21-13-3-4-15(26-2)14(19)7-13/h3-9H,1-2H3,(H,21,24)(H,22,23,25). The van der Waals surface area contributed by atoms with E-state index in [2.05, 4.69) is 20.8 Å². The molecule has 2 N–H and O–H groups in total. The number of pyridine rings is 1. The van der Waals surface area contributed by atoms with E-state index in [9.17, 15) is 9.59 Å². The molecule has 1 aromatic carbocycles. The van der Waals surface area contributed by atoms with Crippen LogP contribution >= 0.6 is 11.6 Å². The summed E-state index contributed by atoms with van der Waals surface area (Å²) in [6, 6.07) is 7.86. The number of nitrogens with one attached hydrogen (secondary N) is 2. The van der Waals surface area contributed by atoms with Crippen molar-refractivity contribution in [1.82, 2.24) is 10.1 Å². The highest BCUT2D eigenvalue weighted by Gasteiger charge is 2.14. The van der Waals surface area contributed by atoms with Crippen molar-refractivity contribution in [3.8, 4) is 5.75 Å². The maximum absolute atomic E-state index is 12.4. The van der Waals surface area contributed by atoms with E-state index in [0.29, 0.717) is 22.2 Å². The number of nitrogens with zero attached hydrogens (tertiary/aromatic N) is 2. The molecule has 0 radical (unpaired) electrons. The lowest BCUT2D eigenvalue weighted by Gasteiger charge is -2.08. The number of benzene rings is 1. The fourth-order valence-corrected chi connectivity index (χ4v) is 2.51. The zero-order chi connectivity index (χ0) is 19.4. The number of amides is 2. The van der Waals surface area contributed by atoms with Crippen LogP contribution in [0.1, 0.15) is 26.5 Å². The summed E-state index contributed by atoms with van der Waals surface area (Å²) >= 11 is 6.05. The van der Waals surface area contributed by atoms with Gasteiger partial charge in [-0.2, -0.15) is 0 Å². The van der Waals surface area contributed by atoms with Crippen molar-refractivity contribution >= 4 is 34.9 Å². The van der Waals surface area contributed by atoms with Crippen LogP contribution in [0.3, 0.4) is 0 Å². The molecule has 0 aliphatic rings. The van der Waals surface area contributed by atoms with Crippen LogP contribution in [0.2, 0.25) is 5.02 Å². The van der Waals surface area contributed by atoms with Gasteiger partial charge in [-0.15, -0.1) is 0 Å². The Morgan fingerprint density at radius 2 is 1.78 bits per heavy atom. The van der Waals surface area contributed by atoms with E-state index >= 15 is 0 Å². The van der Waals surface area contributed by atoms with Gasteiger partial charge in [0, 0.05) is 24.1 Å². The van der Waals surface area contributed by atoms with E-state index in [1.165, 1.54) is 25.6 Å². The van der Waals surface area contributed by atoms with Gasteiger partial charge >= 0.3 is 0 Å². The third-order valence-corrected chi connectivity index (χ3v) is 3.84. The third-order valence-electron chi connectivity index (χ3n) is 3.54. The number of anilines is 2. The van der Waals surface area contributed by atoms with Crippen molar-refractivity contribution in [3.05, 3.63) is 64.6 Å². The van der Waals surface area contributed by atoms with Crippen LogP contribution in [0, 0.1) is 6.92 Å². The monoisotopic (exact) mass is 386 g/mol. The first-order chi connectivity index (χ1) is 13.0. The molecule has 3 aromatic rings. The third kappa shape index (κ3) is 4.42. The number of ether oxygens (including phenoxy) is 1.